The first-order valence-electron chi connectivity index (χ1n) is 12.4. The summed E-state index contributed by atoms with van der Waals surface area (Å²) in [6.07, 6.45) is 3.33. The Morgan fingerprint density at radius 2 is 1.75 bits per heavy atom. The van der Waals surface area contributed by atoms with Crippen LogP contribution in [0.5, 0.6) is 0 Å². The van der Waals surface area contributed by atoms with Gasteiger partial charge in [0.25, 0.3) is 0 Å². The zero-order valence-corrected chi connectivity index (χ0v) is 22.9. The molecule has 11 heteroatoms. The van der Waals surface area contributed by atoms with Gasteiger partial charge in [-0.1, -0.05) is 35.3 Å². The van der Waals surface area contributed by atoms with Crippen LogP contribution < -0.4 is 0 Å². The monoisotopic (exact) mass is 575 g/mol. The van der Waals surface area contributed by atoms with Gasteiger partial charge >= 0.3 is 7.67 Å². The van der Waals surface area contributed by atoms with E-state index in [-0.39, 0.29) is 0 Å². The van der Waals surface area contributed by atoms with Crippen molar-refractivity contribution in [1.29, 1.82) is 0 Å². The van der Waals surface area contributed by atoms with Gasteiger partial charge < -0.3 is 14.0 Å². The number of rotatable bonds is 6. The van der Waals surface area contributed by atoms with E-state index >= 15 is 0 Å². The number of aromatic nitrogens is 1. The lowest BCUT2D eigenvalue weighted by atomic mass is 10.0. The van der Waals surface area contributed by atoms with Crippen LogP contribution in [0.25, 0.3) is 0 Å². The molecule has 0 saturated carbocycles. The maximum Gasteiger partial charge on any atom is 0.397 e. The minimum Gasteiger partial charge on any atom is -0.405 e. The fraction of sp³-hybridized carbons (Fsp3) is 0.480. The van der Waals surface area contributed by atoms with Gasteiger partial charge in [-0.15, -0.1) is 0 Å². The van der Waals surface area contributed by atoms with Gasteiger partial charge in [0, 0.05) is 42.4 Å². The van der Waals surface area contributed by atoms with Crippen LogP contribution in [0.3, 0.4) is 0 Å². The molecule has 0 spiro atoms. The van der Waals surface area contributed by atoms with Crippen molar-refractivity contribution >= 4 is 40.9 Å². The number of morpholine rings is 2. The number of hydrogen-bond acceptors (Lipinski definition) is 7. The van der Waals surface area contributed by atoms with E-state index in [9.17, 15) is 4.57 Å². The van der Waals surface area contributed by atoms with Crippen molar-refractivity contribution in [2.24, 2.45) is 9.98 Å². The smallest absolute Gasteiger partial charge is 0.397 e. The van der Waals surface area contributed by atoms with E-state index in [1.807, 2.05) is 45.7 Å². The average molecular weight is 576 g/mol. The fourth-order valence-corrected chi connectivity index (χ4v) is 7.24. The van der Waals surface area contributed by atoms with Crippen molar-refractivity contribution in [3.05, 3.63) is 58.3 Å². The van der Waals surface area contributed by atoms with Gasteiger partial charge in [0.05, 0.1) is 43.5 Å². The molecule has 0 radical (unpaired) electrons. The Kier molecular flexibility index (Phi) is 8.30. The van der Waals surface area contributed by atoms with Crippen LogP contribution in [0.2, 0.25) is 0 Å². The van der Waals surface area contributed by atoms with E-state index in [1.54, 1.807) is 6.20 Å². The minimum absolute atomic E-state index is 0.382. The van der Waals surface area contributed by atoms with E-state index in [0.29, 0.717) is 70.6 Å². The molecule has 5 rings (SSSR count). The summed E-state index contributed by atoms with van der Waals surface area (Å²) < 4.78 is 37.2. The van der Waals surface area contributed by atoms with Crippen LogP contribution in [0, 0.1) is 0 Å². The van der Waals surface area contributed by atoms with Crippen LogP contribution in [0.4, 0.5) is 5.69 Å². The van der Waals surface area contributed by atoms with Crippen LogP contribution in [0.1, 0.15) is 31.0 Å². The zero-order chi connectivity index (χ0) is 25.0. The number of halogens is 1. The molecule has 4 heterocycles. The average Bonchev–Trinajstić information content (AvgIpc) is 3.07. The minimum atomic E-state index is -3.45. The molecule has 3 aliphatic rings. The van der Waals surface area contributed by atoms with Crippen molar-refractivity contribution in [3.8, 4) is 0 Å². The third-order valence-electron chi connectivity index (χ3n) is 6.39. The summed E-state index contributed by atoms with van der Waals surface area (Å²) in [4.78, 5) is 14.7. The zero-order valence-electron chi connectivity index (χ0n) is 20.4. The summed E-state index contributed by atoms with van der Waals surface area (Å²) >= 11 is 3.59. The number of ether oxygens (including phenoxy) is 2. The summed E-state index contributed by atoms with van der Waals surface area (Å²) in [6.45, 7) is 6.30. The first kappa shape index (κ1) is 25.7. The summed E-state index contributed by atoms with van der Waals surface area (Å²) in [6, 6.07) is 11.3. The Morgan fingerprint density at radius 1 is 1.06 bits per heavy atom. The van der Waals surface area contributed by atoms with Crippen molar-refractivity contribution < 1.29 is 18.6 Å². The number of pyridine rings is 1. The Hall–Kier alpha value is -1.94. The van der Waals surface area contributed by atoms with Gasteiger partial charge in [-0.3, -0.25) is 9.98 Å². The molecule has 0 bridgehead atoms. The highest BCUT2D eigenvalue weighted by Gasteiger charge is 2.44. The molecule has 3 aliphatic heterocycles. The lowest BCUT2D eigenvalue weighted by Gasteiger charge is -2.41. The molecule has 1 aromatic carbocycles. The Balaban J connectivity index is 1.60. The highest BCUT2D eigenvalue weighted by atomic mass is 79.9. The topological polar surface area (TPSA) is 88.9 Å². The SMILES string of the molecule is CCC[C@@H]1N=C(c2ccccn2)c2cc(Br)ccc2N=C1OP(=O)(N1CCOCC1)N1CCOCC1. The Bertz CT molecular complexity index is 1140. The second-order valence-electron chi connectivity index (χ2n) is 8.82. The molecule has 2 fully saturated rings. The predicted molar refractivity (Wildman–Crippen MR) is 143 cm³/mol. The Morgan fingerprint density at radius 3 is 2.36 bits per heavy atom. The molecule has 2 aromatic rings. The Labute approximate surface area is 220 Å². The second kappa shape index (κ2) is 11.6. The van der Waals surface area contributed by atoms with Gasteiger partial charge in [-0.2, -0.15) is 0 Å². The van der Waals surface area contributed by atoms with E-state index in [2.05, 4.69) is 27.8 Å². The maximum atomic E-state index is 14.7. The molecule has 192 valence electrons. The summed E-state index contributed by atoms with van der Waals surface area (Å²) in [5, 5.41) is 0. The molecular weight excluding hydrogens is 545 g/mol. The lowest BCUT2D eigenvalue weighted by molar-refractivity contribution is 0.0438. The quantitative estimate of drug-likeness (QED) is 0.462. The van der Waals surface area contributed by atoms with Gasteiger partial charge in [-0.25, -0.2) is 18.9 Å². The molecular formula is C25H31BrN5O4P. The summed E-state index contributed by atoms with van der Waals surface area (Å²) in [7, 11) is -3.45. The first-order valence-corrected chi connectivity index (χ1v) is 14.7. The first-order chi connectivity index (χ1) is 17.6. The number of hydrogen-bond donors (Lipinski definition) is 0. The maximum absolute atomic E-state index is 14.7. The summed E-state index contributed by atoms with van der Waals surface area (Å²) in [5.74, 6) is 0.382. The van der Waals surface area contributed by atoms with Gasteiger partial charge in [0.15, 0.2) is 0 Å². The molecule has 2 saturated heterocycles. The predicted octanol–water partition coefficient (Wildman–Crippen LogP) is 4.68. The van der Waals surface area contributed by atoms with E-state index in [1.165, 1.54) is 0 Å². The normalized spacial score (nSPS) is 21.8. The molecule has 0 N–H and O–H groups in total. The van der Waals surface area contributed by atoms with Gasteiger partial charge in [-0.05, 0) is 36.8 Å². The second-order valence-corrected chi connectivity index (χ2v) is 12.0. The highest BCUT2D eigenvalue weighted by molar-refractivity contribution is 9.10. The molecule has 1 atom stereocenters. The number of nitrogens with zero attached hydrogens (tertiary/aromatic N) is 5. The largest absolute Gasteiger partial charge is 0.405 e. The molecule has 36 heavy (non-hydrogen) atoms. The van der Waals surface area contributed by atoms with E-state index < -0.39 is 13.7 Å². The number of fused-ring (bicyclic) bond motifs is 1. The third-order valence-corrected chi connectivity index (χ3v) is 9.53. The van der Waals surface area contributed by atoms with Crippen LogP contribution in [-0.2, 0) is 18.6 Å². The van der Waals surface area contributed by atoms with Crippen molar-refractivity contribution in [2.75, 3.05) is 52.6 Å². The number of benzene rings is 1. The third kappa shape index (κ3) is 5.49. The standard InChI is InChI=1S/C25H31BrN5O4P/c1-2-5-23-25(35-36(32,30-10-14-33-15-11-30)31-12-16-34-17-13-31)29-21-8-7-19(26)18-20(21)24(28-23)22-6-3-4-9-27-22/h3-4,6-9,18,23H,2,5,10-17H2,1H3/t23-/m0/s1. The van der Waals surface area contributed by atoms with Crippen LogP contribution in [-0.4, -0.2) is 84.6 Å². The fourth-order valence-electron chi connectivity index (χ4n) is 4.55. The lowest BCUT2D eigenvalue weighted by Crippen LogP contribution is -2.44. The van der Waals surface area contributed by atoms with Crippen molar-refractivity contribution in [2.45, 2.75) is 25.8 Å². The highest BCUT2D eigenvalue weighted by Crippen LogP contribution is 2.55. The van der Waals surface area contributed by atoms with Crippen molar-refractivity contribution in [1.82, 2.24) is 14.3 Å². The van der Waals surface area contributed by atoms with Crippen LogP contribution in [0.15, 0.2) is 57.1 Å². The summed E-state index contributed by atoms with van der Waals surface area (Å²) in [5.41, 5.74) is 3.08. The van der Waals surface area contributed by atoms with E-state index in [0.717, 1.165) is 27.9 Å². The van der Waals surface area contributed by atoms with Gasteiger partial charge in [0.1, 0.15) is 6.04 Å². The molecule has 9 nitrogen and oxygen atoms in total. The van der Waals surface area contributed by atoms with Crippen LogP contribution >= 0.6 is 23.6 Å². The van der Waals surface area contributed by atoms with E-state index in [4.69, 9.17) is 24.0 Å². The molecule has 0 amide bonds. The number of aliphatic imine (C=N–C) groups is 2. The molecule has 0 aliphatic carbocycles. The molecule has 1 aromatic heterocycles. The molecule has 0 unspecified atom stereocenters. The van der Waals surface area contributed by atoms with Crippen molar-refractivity contribution in [3.63, 3.8) is 0 Å². The van der Waals surface area contributed by atoms with Gasteiger partial charge in [0.2, 0.25) is 5.90 Å².